The number of hydrogen-bond donors (Lipinski definition) is 1. The van der Waals surface area contributed by atoms with Crippen molar-refractivity contribution in [3.8, 4) is 5.75 Å². The standard InChI is InChI=1S/C15H16N2O2S/c16-10-11-3-4-13-14(8-11)19-6-5-17(13)15(18)9-12-2-1-7-20-12/h1-4,7-8H,5-6,9-10,16H2. The number of anilines is 1. The average Bonchev–Trinajstić information content (AvgIpc) is 2.98. The molecule has 2 aromatic rings. The third-order valence-corrected chi connectivity index (χ3v) is 4.21. The van der Waals surface area contributed by atoms with Crippen LogP contribution in [0.1, 0.15) is 10.4 Å². The number of nitrogens with two attached hydrogens (primary N) is 1. The van der Waals surface area contributed by atoms with Crippen molar-refractivity contribution in [2.45, 2.75) is 13.0 Å². The van der Waals surface area contributed by atoms with E-state index in [0.717, 1.165) is 21.9 Å². The molecule has 2 N–H and O–H groups in total. The fourth-order valence-corrected chi connectivity index (χ4v) is 3.00. The lowest BCUT2D eigenvalue weighted by Gasteiger charge is -2.29. The van der Waals surface area contributed by atoms with Gasteiger partial charge in [-0.1, -0.05) is 12.1 Å². The van der Waals surface area contributed by atoms with Gasteiger partial charge in [-0.2, -0.15) is 0 Å². The Balaban J connectivity index is 1.84. The van der Waals surface area contributed by atoms with Crippen LogP contribution in [0.25, 0.3) is 0 Å². The fraction of sp³-hybridized carbons (Fsp3) is 0.267. The Kier molecular flexibility index (Phi) is 3.71. The Hall–Kier alpha value is -1.85. The van der Waals surface area contributed by atoms with Crippen molar-refractivity contribution in [3.05, 3.63) is 46.2 Å². The van der Waals surface area contributed by atoms with E-state index in [1.807, 2.05) is 35.7 Å². The van der Waals surface area contributed by atoms with Crippen LogP contribution in [0.3, 0.4) is 0 Å². The lowest BCUT2D eigenvalue weighted by Crippen LogP contribution is -2.38. The summed E-state index contributed by atoms with van der Waals surface area (Å²) in [5, 5.41) is 1.99. The largest absolute Gasteiger partial charge is 0.490 e. The molecule has 0 unspecified atom stereocenters. The molecule has 2 heterocycles. The summed E-state index contributed by atoms with van der Waals surface area (Å²) >= 11 is 1.61. The summed E-state index contributed by atoms with van der Waals surface area (Å²) in [5.41, 5.74) is 7.49. The van der Waals surface area contributed by atoms with E-state index in [0.29, 0.717) is 26.1 Å². The molecular weight excluding hydrogens is 272 g/mol. The lowest BCUT2D eigenvalue weighted by atomic mass is 10.1. The lowest BCUT2D eigenvalue weighted by molar-refractivity contribution is -0.118. The molecule has 0 radical (unpaired) electrons. The Morgan fingerprint density at radius 2 is 2.30 bits per heavy atom. The van der Waals surface area contributed by atoms with Gasteiger partial charge in [0.05, 0.1) is 18.7 Å². The molecule has 4 nitrogen and oxygen atoms in total. The van der Waals surface area contributed by atoms with Crippen molar-refractivity contribution in [2.75, 3.05) is 18.1 Å². The van der Waals surface area contributed by atoms with Gasteiger partial charge in [0.2, 0.25) is 5.91 Å². The van der Waals surface area contributed by atoms with Gasteiger partial charge < -0.3 is 15.4 Å². The fourth-order valence-electron chi connectivity index (χ4n) is 2.31. The molecule has 0 spiro atoms. The normalized spacial score (nSPS) is 13.8. The number of hydrogen-bond acceptors (Lipinski definition) is 4. The predicted molar refractivity (Wildman–Crippen MR) is 80.2 cm³/mol. The maximum atomic E-state index is 12.4. The second-order valence-electron chi connectivity index (χ2n) is 4.66. The van der Waals surface area contributed by atoms with Gasteiger partial charge in [-0.3, -0.25) is 4.79 Å². The molecule has 20 heavy (non-hydrogen) atoms. The van der Waals surface area contributed by atoms with E-state index >= 15 is 0 Å². The first-order chi connectivity index (χ1) is 9.78. The van der Waals surface area contributed by atoms with Crippen LogP contribution in [-0.4, -0.2) is 19.1 Å². The number of thiophene rings is 1. The number of amides is 1. The minimum absolute atomic E-state index is 0.109. The Morgan fingerprint density at radius 1 is 1.40 bits per heavy atom. The van der Waals surface area contributed by atoms with Crippen molar-refractivity contribution in [1.29, 1.82) is 0 Å². The summed E-state index contributed by atoms with van der Waals surface area (Å²) in [5.74, 6) is 0.858. The molecule has 0 bridgehead atoms. The summed E-state index contributed by atoms with van der Waals surface area (Å²) < 4.78 is 5.63. The molecular formula is C15H16N2O2S. The number of ether oxygens (including phenoxy) is 1. The molecule has 3 rings (SSSR count). The SMILES string of the molecule is NCc1ccc2c(c1)OCCN2C(=O)Cc1cccs1. The van der Waals surface area contributed by atoms with Crippen LogP contribution in [0.4, 0.5) is 5.69 Å². The van der Waals surface area contributed by atoms with Crippen LogP contribution in [0, 0.1) is 0 Å². The third-order valence-electron chi connectivity index (χ3n) is 3.33. The minimum Gasteiger partial charge on any atom is -0.490 e. The van der Waals surface area contributed by atoms with Gasteiger partial charge in [0.25, 0.3) is 0 Å². The monoisotopic (exact) mass is 288 g/mol. The van der Waals surface area contributed by atoms with E-state index in [2.05, 4.69) is 0 Å². The average molecular weight is 288 g/mol. The quantitative estimate of drug-likeness (QED) is 0.941. The summed E-state index contributed by atoms with van der Waals surface area (Å²) in [7, 11) is 0. The predicted octanol–water partition coefficient (Wildman–Crippen LogP) is 2.17. The number of carbonyl (C=O) groups excluding carboxylic acids is 1. The van der Waals surface area contributed by atoms with Crippen LogP contribution < -0.4 is 15.4 Å². The number of nitrogens with zero attached hydrogens (tertiary/aromatic N) is 1. The molecule has 1 aliphatic heterocycles. The van der Waals surface area contributed by atoms with Crippen LogP contribution in [0.2, 0.25) is 0 Å². The summed E-state index contributed by atoms with van der Waals surface area (Å²) in [4.78, 5) is 15.3. The molecule has 1 aromatic carbocycles. The Bertz CT molecular complexity index is 610. The van der Waals surface area contributed by atoms with E-state index < -0.39 is 0 Å². The van der Waals surface area contributed by atoms with Crippen LogP contribution >= 0.6 is 11.3 Å². The maximum Gasteiger partial charge on any atom is 0.232 e. The van der Waals surface area contributed by atoms with Crippen molar-refractivity contribution in [3.63, 3.8) is 0 Å². The first-order valence-corrected chi connectivity index (χ1v) is 7.44. The van der Waals surface area contributed by atoms with E-state index in [4.69, 9.17) is 10.5 Å². The van der Waals surface area contributed by atoms with Crippen LogP contribution in [0.15, 0.2) is 35.7 Å². The number of fused-ring (bicyclic) bond motifs is 1. The summed E-state index contributed by atoms with van der Waals surface area (Å²) in [6.45, 7) is 1.59. The van der Waals surface area contributed by atoms with E-state index in [-0.39, 0.29) is 5.91 Å². The molecule has 1 aromatic heterocycles. The first kappa shape index (κ1) is 13.1. The second kappa shape index (κ2) is 5.64. The molecule has 0 saturated carbocycles. The summed E-state index contributed by atoms with van der Waals surface area (Å²) in [6, 6.07) is 9.73. The topological polar surface area (TPSA) is 55.6 Å². The maximum absolute atomic E-state index is 12.4. The molecule has 104 valence electrons. The molecule has 1 aliphatic rings. The molecule has 0 atom stereocenters. The highest BCUT2D eigenvalue weighted by Crippen LogP contribution is 2.33. The van der Waals surface area contributed by atoms with Gasteiger partial charge in [0.15, 0.2) is 0 Å². The van der Waals surface area contributed by atoms with Gasteiger partial charge in [0, 0.05) is 11.4 Å². The van der Waals surface area contributed by atoms with Crippen molar-refractivity contribution in [1.82, 2.24) is 0 Å². The molecule has 0 saturated heterocycles. The first-order valence-electron chi connectivity index (χ1n) is 6.56. The molecule has 0 fully saturated rings. The number of rotatable bonds is 3. The zero-order valence-corrected chi connectivity index (χ0v) is 11.9. The third kappa shape index (κ3) is 2.55. The smallest absolute Gasteiger partial charge is 0.232 e. The van der Waals surface area contributed by atoms with Crippen molar-refractivity contribution in [2.24, 2.45) is 5.73 Å². The minimum atomic E-state index is 0.109. The Labute approximate surface area is 121 Å². The van der Waals surface area contributed by atoms with E-state index in [1.165, 1.54) is 0 Å². The van der Waals surface area contributed by atoms with Gasteiger partial charge in [0.1, 0.15) is 12.4 Å². The van der Waals surface area contributed by atoms with E-state index in [9.17, 15) is 4.79 Å². The second-order valence-corrected chi connectivity index (χ2v) is 5.69. The van der Waals surface area contributed by atoms with Gasteiger partial charge in [-0.25, -0.2) is 0 Å². The molecule has 1 amide bonds. The van der Waals surface area contributed by atoms with Crippen molar-refractivity contribution >= 4 is 22.9 Å². The number of benzene rings is 1. The number of carbonyl (C=O) groups is 1. The highest BCUT2D eigenvalue weighted by Gasteiger charge is 2.24. The van der Waals surface area contributed by atoms with Gasteiger partial charge >= 0.3 is 0 Å². The highest BCUT2D eigenvalue weighted by atomic mass is 32.1. The zero-order chi connectivity index (χ0) is 13.9. The van der Waals surface area contributed by atoms with Gasteiger partial charge in [-0.05, 0) is 29.1 Å². The molecule has 0 aliphatic carbocycles. The zero-order valence-electron chi connectivity index (χ0n) is 11.0. The van der Waals surface area contributed by atoms with Crippen molar-refractivity contribution < 1.29 is 9.53 Å². The molecule has 5 heteroatoms. The van der Waals surface area contributed by atoms with Gasteiger partial charge in [-0.15, -0.1) is 11.3 Å². The van der Waals surface area contributed by atoms with Crippen LogP contribution in [0.5, 0.6) is 5.75 Å². The van der Waals surface area contributed by atoms with E-state index in [1.54, 1.807) is 16.2 Å². The Morgan fingerprint density at radius 3 is 3.05 bits per heavy atom. The summed E-state index contributed by atoms with van der Waals surface area (Å²) in [6.07, 6.45) is 0.440. The van der Waals surface area contributed by atoms with Crippen LogP contribution in [-0.2, 0) is 17.8 Å². The highest BCUT2D eigenvalue weighted by molar-refractivity contribution is 7.10.